The molecule has 1 saturated carbocycles. The van der Waals surface area contributed by atoms with E-state index in [1.807, 2.05) is 0 Å². The summed E-state index contributed by atoms with van der Waals surface area (Å²) in [6.45, 7) is 0. The molecule has 1 aliphatic carbocycles. The van der Waals surface area contributed by atoms with Crippen molar-refractivity contribution in [1.29, 1.82) is 0 Å². The molecule has 7 heteroatoms. The van der Waals surface area contributed by atoms with Crippen molar-refractivity contribution in [3.8, 4) is 0 Å². The topological polar surface area (TPSA) is 124 Å². The molecule has 0 heterocycles. The van der Waals surface area contributed by atoms with Crippen LogP contribution in [-0.2, 0) is 0 Å². The molecular formula is C13H18N4O3. The molecule has 0 saturated heterocycles. The van der Waals surface area contributed by atoms with Crippen LogP contribution in [0.3, 0.4) is 0 Å². The highest BCUT2D eigenvalue weighted by Crippen LogP contribution is 2.26. The van der Waals surface area contributed by atoms with Crippen molar-refractivity contribution in [1.82, 2.24) is 0 Å². The Morgan fingerprint density at radius 3 is 2.50 bits per heavy atom. The number of carbonyl (C=O) groups excluding carboxylic acids is 1. The molecule has 0 spiro atoms. The fraction of sp³-hybridized carbons (Fsp3) is 0.462. The molecule has 1 amide bonds. The first-order chi connectivity index (χ1) is 9.47. The van der Waals surface area contributed by atoms with Crippen molar-refractivity contribution < 1.29 is 9.72 Å². The van der Waals surface area contributed by atoms with Gasteiger partial charge in [0, 0.05) is 29.9 Å². The van der Waals surface area contributed by atoms with Crippen molar-refractivity contribution in [3.05, 3.63) is 33.9 Å². The third-order valence-electron chi connectivity index (χ3n) is 3.61. The van der Waals surface area contributed by atoms with Gasteiger partial charge in [-0.25, -0.2) is 0 Å². The van der Waals surface area contributed by atoms with Crippen LogP contribution in [0.2, 0.25) is 0 Å². The van der Waals surface area contributed by atoms with Crippen LogP contribution in [0.5, 0.6) is 0 Å². The van der Waals surface area contributed by atoms with E-state index in [9.17, 15) is 14.9 Å². The Kier molecular flexibility index (Phi) is 4.19. The van der Waals surface area contributed by atoms with E-state index in [-0.39, 0.29) is 23.3 Å². The second-order valence-electron chi connectivity index (χ2n) is 5.11. The van der Waals surface area contributed by atoms with Gasteiger partial charge >= 0.3 is 0 Å². The molecule has 1 aromatic rings. The lowest BCUT2D eigenvalue weighted by Crippen LogP contribution is -2.33. The van der Waals surface area contributed by atoms with Crippen molar-refractivity contribution in [2.24, 2.45) is 11.5 Å². The molecule has 0 aromatic heterocycles. The molecule has 1 aliphatic rings. The lowest BCUT2D eigenvalue weighted by molar-refractivity contribution is -0.384. The fourth-order valence-corrected chi connectivity index (χ4v) is 2.46. The molecule has 0 bridgehead atoms. The van der Waals surface area contributed by atoms with Gasteiger partial charge in [-0.1, -0.05) is 0 Å². The Labute approximate surface area is 116 Å². The van der Waals surface area contributed by atoms with E-state index < -0.39 is 10.8 Å². The number of amides is 1. The SMILES string of the molecule is NC(=O)c1cc([N+](=O)[O-])ccc1NC1CCC(N)CC1. The molecule has 20 heavy (non-hydrogen) atoms. The first kappa shape index (κ1) is 14.3. The summed E-state index contributed by atoms with van der Waals surface area (Å²) < 4.78 is 0. The van der Waals surface area contributed by atoms with Crippen molar-refractivity contribution >= 4 is 17.3 Å². The van der Waals surface area contributed by atoms with E-state index in [4.69, 9.17) is 11.5 Å². The molecular weight excluding hydrogens is 260 g/mol. The average Bonchev–Trinajstić information content (AvgIpc) is 2.41. The molecule has 0 unspecified atom stereocenters. The van der Waals surface area contributed by atoms with Crippen molar-refractivity contribution in [3.63, 3.8) is 0 Å². The van der Waals surface area contributed by atoms with Gasteiger partial charge in [-0.2, -0.15) is 0 Å². The first-order valence-corrected chi connectivity index (χ1v) is 6.57. The number of anilines is 1. The summed E-state index contributed by atoms with van der Waals surface area (Å²) in [5.74, 6) is -0.677. The van der Waals surface area contributed by atoms with Crippen LogP contribution in [0.4, 0.5) is 11.4 Å². The van der Waals surface area contributed by atoms with E-state index in [0.717, 1.165) is 25.7 Å². The van der Waals surface area contributed by atoms with E-state index in [1.165, 1.54) is 18.2 Å². The summed E-state index contributed by atoms with van der Waals surface area (Å²) in [7, 11) is 0. The van der Waals surface area contributed by atoms with Gasteiger partial charge in [0.25, 0.3) is 11.6 Å². The fourth-order valence-electron chi connectivity index (χ4n) is 2.46. The molecule has 5 N–H and O–H groups in total. The van der Waals surface area contributed by atoms with Crippen molar-refractivity contribution in [2.45, 2.75) is 37.8 Å². The zero-order chi connectivity index (χ0) is 14.7. The number of nitro benzene ring substituents is 1. The number of hydrogen-bond acceptors (Lipinski definition) is 5. The largest absolute Gasteiger partial charge is 0.382 e. The normalized spacial score (nSPS) is 22.2. The summed E-state index contributed by atoms with van der Waals surface area (Å²) in [5.41, 5.74) is 11.7. The van der Waals surface area contributed by atoms with Crippen LogP contribution in [0.15, 0.2) is 18.2 Å². The second kappa shape index (κ2) is 5.87. The molecule has 0 radical (unpaired) electrons. The smallest absolute Gasteiger partial charge is 0.270 e. The number of rotatable bonds is 4. The van der Waals surface area contributed by atoms with Gasteiger partial charge in [0.05, 0.1) is 10.5 Å². The predicted octanol–water partition coefficient (Wildman–Crippen LogP) is 1.38. The van der Waals surface area contributed by atoms with Crippen LogP contribution in [0, 0.1) is 10.1 Å². The van der Waals surface area contributed by atoms with Crippen LogP contribution < -0.4 is 16.8 Å². The molecule has 1 fully saturated rings. The number of benzene rings is 1. The van der Waals surface area contributed by atoms with E-state index in [0.29, 0.717) is 5.69 Å². The quantitative estimate of drug-likeness (QED) is 0.566. The molecule has 1 aromatic carbocycles. The predicted molar refractivity (Wildman–Crippen MR) is 75.5 cm³/mol. The highest BCUT2D eigenvalue weighted by atomic mass is 16.6. The van der Waals surface area contributed by atoms with Gasteiger partial charge in [0.2, 0.25) is 0 Å². The molecule has 108 valence electrons. The number of non-ortho nitro benzene ring substituents is 1. The van der Waals surface area contributed by atoms with E-state index in [1.54, 1.807) is 0 Å². The van der Waals surface area contributed by atoms with Gasteiger partial charge in [-0.05, 0) is 31.7 Å². The third kappa shape index (κ3) is 3.24. The first-order valence-electron chi connectivity index (χ1n) is 6.57. The number of nitrogens with two attached hydrogens (primary N) is 2. The summed E-state index contributed by atoms with van der Waals surface area (Å²) in [6, 6.07) is 4.56. The number of nitrogens with one attached hydrogen (secondary N) is 1. The van der Waals surface area contributed by atoms with E-state index in [2.05, 4.69) is 5.32 Å². The zero-order valence-corrected chi connectivity index (χ0v) is 11.0. The minimum Gasteiger partial charge on any atom is -0.382 e. The molecule has 0 atom stereocenters. The summed E-state index contributed by atoms with van der Waals surface area (Å²) in [5, 5.41) is 14.0. The number of nitro groups is 1. The minimum absolute atomic E-state index is 0.144. The third-order valence-corrected chi connectivity index (χ3v) is 3.61. The van der Waals surface area contributed by atoms with Gasteiger partial charge in [0.1, 0.15) is 0 Å². The monoisotopic (exact) mass is 278 g/mol. The minimum atomic E-state index is -0.677. The Balaban J connectivity index is 2.18. The van der Waals surface area contributed by atoms with Crippen LogP contribution in [0.25, 0.3) is 0 Å². The maximum absolute atomic E-state index is 11.4. The zero-order valence-electron chi connectivity index (χ0n) is 11.0. The second-order valence-corrected chi connectivity index (χ2v) is 5.11. The van der Waals surface area contributed by atoms with E-state index >= 15 is 0 Å². The Bertz CT molecular complexity index is 524. The number of nitrogens with zero attached hydrogens (tertiary/aromatic N) is 1. The van der Waals surface area contributed by atoms with Crippen LogP contribution in [-0.4, -0.2) is 22.9 Å². The summed E-state index contributed by atoms with van der Waals surface area (Å²) in [4.78, 5) is 21.6. The lowest BCUT2D eigenvalue weighted by Gasteiger charge is -2.28. The standard InChI is InChI=1S/C13H18N4O3/c14-8-1-3-9(4-2-8)16-12-6-5-10(17(19)20)7-11(12)13(15)18/h5-9,16H,1-4,14H2,(H2,15,18). The molecule has 2 rings (SSSR count). The van der Waals surface area contributed by atoms with Gasteiger partial charge in [0.15, 0.2) is 0 Å². The molecule has 7 nitrogen and oxygen atoms in total. The van der Waals surface area contributed by atoms with Crippen molar-refractivity contribution in [2.75, 3.05) is 5.32 Å². The number of primary amides is 1. The maximum atomic E-state index is 11.4. The average molecular weight is 278 g/mol. The van der Waals surface area contributed by atoms with Gasteiger partial charge in [-0.3, -0.25) is 14.9 Å². The summed E-state index contributed by atoms with van der Waals surface area (Å²) >= 11 is 0. The number of carbonyl (C=O) groups is 1. The number of hydrogen-bond donors (Lipinski definition) is 3. The van der Waals surface area contributed by atoms with Crippen LogP contribution in [0.1, 0.15) is 36.0 Å². The van der Waals surface area contributed by atoms with Crippen LogP contribution >= 0.6 is 0 Å². The Hall–Kier alpha value is -2.15. The maximum Gasteiger partial charge on any atom is 0.270 e. The highest BCUT2D eigenvalue weighted by molar-refractivity contribution is 5.99. The lowest BCUT2D eigenvalue weighted by atomic mass is 9.91. The highest BCUT2D eigenvalue weighted by Gasteiger charge is 2.21. The molecule has 0 aliphatic heterocycles. The Morgan fingerprint density at radius 2 is 1.95 bits per heavy atom. The van der Waals surface area contributed by atoms with Gasteiger partial charge in [-0.15, -0.1) is 0 Å². The van der Waals surface area contributed by atoms with Gasteiger partial charge < -0.3 is 16.8 Å². The summed E-state index contributed by atoms with van der Waals surface area (Å²) in [6.07, 6.45) is 3.68. The Morgan fingerprint density at radius 1 is 1.30 bits per heavy atom.